The van der Waals surface area contributed by atoms with Gasteiger partial charge in [-0.3, -0.25) is 0 Å². The molecule has 1 heterocycles. The summed E-state index contributed by atoms with van der Waals surface area (Å²) in [5, 5.41) is 6.62. The van der Waals surface area contributed by atoms with Crippen molar-refractivity contribution in [2.75, 3.05) is 13.2 Å². The molecule has 5 heteroatoms. The number of hydrogen-bond donors (Lipinski definition) is 2. The standard InChI is InChI=1S/C20H26N4O/c1-2-21-20(23-12-16-6-4-3-5-7-16)24-14-18-10-11-19(22-13-18)25-15-17-8-9-17/h3-7,10-11,13,17H,2,8-9,12,14-15H2,1H3,(H2,21,23,24). The monoisotopic (exact) mass is 338 g/mol. The van der Waals surface area contributed by atoms with Gasteiger partial charge in [0.25, 0.3) is 0 Å². The molecule has 132 valence electrons. The molecular weight excluding hydrogens is 312 g/mol. The van der Waals surface area contributed by atoms with Crippen molar-refractivity contribution in [3.8, 4) is 5.88 Å². The molecule has 0 atom stereocenters. The first kappa shape index (κ1) is 17.3. The number of nitrogens with one attached hydrogen (secondary N) is 2. The summed E-state index contributed by atoms with van der Waals surface area (Å²) in [4.78, 5) is 8.99. The summed E-state index contributed by atoms with van der Waals surface area (Å²) in [5.74, 6) is 2.25. The van der Waals surface area contributed by atoms with Crippen LogP contribution in [0, 0.1) is 5.92 Å². The van der Waals surface area contributed by atoms with Crippen LogP contribution in [0.3, 0.4) is 0 Å². The van der Waals surface area contributed by atoms with Crippen LogP contribution in [0.15, 0.2) is 53.7 Å². The van der Waals surface area contributed by atoms with Gasteiger partial charge >= 0.3 is 0 Å². The number of guanidine groups is 1. The van der Waals surface area contributed by atoms with Gasteiger partial charge in [0, 0.05) is 25.4 Å². The molecule has 0 saturated heterocycles. The minimum atomic E-state index is 0.583. The number of hydrogen-bond acceptors (Lipinski definition) is 3. The van der Waals surface area contributed by atoms with Crippen molar-refractivity contribution in [1.82, 2.24) is 15.6 Å². The van der Waals surface area contributed by atoms with E-state index < -0.39 is 0 Å². The molecule has 1 aliphatic rings. The number of aliphatic imine (C=N–C) groups is 1. The van der Waals surface area contributed by atoms with Crippen LogP contribution in [0.2, 0.25) is 0 Å². The maximum absolute atomic E-state index is 5.67. The molecule has 0 bridgehead atoms. The smallest absolute Gasteiger partial charge is 0.213 e. The molecule has 5 nitrogen and oxygen atoms in total. The van der Waals surface area contributed by atoms with E-state index in [0.717, 1.165) is 37.1 Å². The first-order chi connectivity index (χ1) is 12.3. The maximum atomic E-state index is 5.67. The lowest BCUT2D eigenvalue weighted by Crippen LogP contribution is -2.36. The zero-order valence-corrected chi connectivity index (χ0v) is 14.7. The molecule has 2 N–H and O–H groups in total. The molecule has 3 rings (SSSR count). The van der Waals surface area contributed by atoms with Crippen LogP contribution in [0.25, 0.3) is 0 Å². The van der Waals surface area contributed by atoms with Crippen molar-refractivity contribution in [2.45, 2.75) is 32.9 Å². The third-order valence-corrected chi connectivity index (χ3v) is 4.03. The third-order valence-electron chi connectivity index (χ3n) is 4.03. The number of nitrogens with zero attached hydrogens (tertiary/aromatic N) is 2. The lowest BCUT2D eigenvalue weighted by atomic mass is 10.2. The van der Waals surface area contributed by atoms with E-state index in [0.29, 0.717) is 12.4 Å². The van der Waals surface area contributed by atoms with E-state index in [9.17, 15) is 0 Å². The Kier molecular flexibility index (Phi) is 6.26. The van der Waals surface area contributed by atoms with Crippen LogP contribution in [-0.2, 0) is 13.1 Å². The molecule has 0 spiro atoms. The van der Waals surface area contributed by atoms with Crippen LogP contribution in [-0.4, -0.2) is 24.1 Å². The summed E-state index contributed by atoms with van der Waals surface area (Å²) >= 11 is 0. The van der Waals surface area contributed by atoms with Crippen LogP contribution in [0.1, 0.15) is 30.9 Å². The summed E-state index contributed by atoms with van der Waals surface area (Å²) in [5.41, 5.74) is 2.29. The van der Waals surface area contributed by atoms with Crippen molar-refractivity contribution in [3.63, 3.8) is 0 Å². The lowest BCUT2D eigenvalue weighted by Gasteiger charge is -2.11. The van der Waals surface area contributed by atoms with E-state index in [1.165, 1.54) is 18.4 Å². The van der Waals surface area contributed by atoms with E-state index >= 15 is 0 Å². The Morgan fingerprint density at radius 3 is 2.64 bits per heavy atom. The lowest BCUT2D eigenvalue weighted by molar-refractivity contribution is 0.288. The van der Waals surface area contributed by atoms with Gasteiger partial charge in [-0.1, -0.05) is 36.4 Å². The molecule has 0 aliphatic heterocycles. The topological polar surface area (TPSA) is 58.5 Å². The average Bonchev–Trinajstić information content (AvgIpc) is 3.48. The van der Waals surface area contributed by atoms with Gasteiger partial charge in [-0.05, 0) is 36.8 Å². The second-order valence-electron chi connectivity index (χ2n) is 6.29. The fraction of sp³-hybridized carbons (Fsp3) is 0.400. The SMILES string of the molecule is CCNC(=NCc1ccc(OCC2CC2)nc1)NCc1ccccc1. The first-order valence-corrected chi connectivity index (χ1v) is 8.97. The van der Waals surface area contributed by atoms with Gasteiger partial charge in [0.05, 0.1) is 13.2 Å². The van der Waals surface area contributed by atoms with Crippen LogP contribution in [0.4, 0.5) is 0 Å². The molecule has 2 aromatic rings. The summed E-state index contributed by atoms with van der Waals surface area (Å²) in [6.45, 7) is 5.01. The minimum Gasteiger partial charge on any atom is -0.477 e. The summed E-state index contributed by atoms with van der Waals surface area (Å²) < 4.78 is 5.67. The van der Waals surface area contributed by atoms with Crippen molar-refractivity contribution in [1.29, 1.82) is 0 Å². The first-order valence-electron chi connectivity index (χ1n) is 8.97. The summed E-state index contributed by atoms with van der Waals surface area (Å²) in [6, 6.07) is 14.3. The van der Waals surface area contributed by atoms with Gasteiger partial charge in [0.15, 0.2) is 5.96 Å². The fourth-order valence-corrected chi connectivity index (χ4v) is 2.37. The van der Waals surface area contributed by atoms with E-state index in [1.807, 2.05) is 36.5 Å². The number of pyridine rings is 1. The zero-order valence-electron chi connectivity index (χ0n) is 14.7. The molecule has 0 radical (unpaired) electrons. The van der Waals surface area contributed by atoms with E-state index in [2.05, 4.69) is 39.7 Å². The van der Waals surface area contributed by atoms with Gasteiger partial charge in [-0.15, -0.1) is 0 Å². The highest BCUT2D eigenvalue weighted by Crippen LogP contribution is 2.29. The molecular formula is C20H26N4O. The van der Waals surface area contributed by atoms with E-state index in [4.69, 9.17) is 4.74 Å². The largest absolute Gasteiger partial charge is 0.477 e. The quantitative estimate of drug-likeness (QED) is 0.573. The maximum Gasteiger partial charge on any atom is 0.213 e. The van der Waals surface area contributed by atoms with Crippen molar-refractivity contribution in [3.05, 3.63) is 59.8 Å². The second kappa shape index (κ2) is 9.06. The van der Waals surface area contributed by atoms with Crippen molar-refractivity contribution < 1.29 is 4.74 Å². The molecule has 1 aromatic heterocycles. The average molecular weight is 338 g/mol. The highest BCUT2D eigenvalue weighted by Gasteiger charge is 2.21. The zero-order chi connectivity index (χ0) is 17.3. The number of aromatic nitrogens is 1. The fourth-order valence-electron chi connectivity index (χ4n) is 2.37. The number of benzene rings is 1. The number of rotatable bonds is 8. The summed E-state index contributed by atoms with van der Waals surface area (Å²) in [6.07, 6.45) is 4.42. The van der Waals surface area contributed by atoms with Gasteiger partial charge < -0.3 is 15.4 Å². The Labute approximate surface area is 149 Å². The molecule has 1 aliphatic carbocycles. The molecule has 1 aromatic carbocycles. The summed E-state index contributed by atoms with van der Waals surface area (Å²) in [7, 11) is 0. The molecule has 25 heavy (non-hydrogen) atoms. The van der Waals surface area contributed by atoms with Crippen molar-refractivity contribution in [2.24, 2.45) is 10.9 Å². The Morgan fingerprint density at radius 1 is 1.12 bits per heavy atom. The predicted octanol–water partition coefficient (Wildman–Crippen LogP) is 3.13. The Balaban J connectivity index is 1.51. The second-order valence-corrected chi connectivity index (χ2v) is 6.29. The Bertz CT molecular complexity index is 666. The molecule has 0 amide bonds. The number of ether oxygens (including phenoxy) is 1. The van der Waals surface area contributed by atoms with Crippen LogP contribution in [0.5, 0.6) is 5.88 Å². The third kappa shape index (κ3) is 6.10. The highest BCUT2D eigenvalue weighted by atomic mass is 16.5. The highest BCUT2D eigenvalue weighted by molar-refractivity contribution is 5.79. The molecule has 1 saturated carbocycles. The van der Waals surface area contributed by atoms with Gasteiger partial charge in [-0.2, -0.15) is 0 Å². The Morgan fingerprint density at radius 2 is 1.96 bits per heavy atom. The Hall–Kier alpha value is -2.56. The van der Waals surface area contributed by atoms with E-state index in [1.54, 1.807) is 0 Å². The van der Waals surface area contributed by atoms with Crippen molar-refractivity contribution >= 4 is 5.96 Å². The van der Waals surface area contributed by atoms with Gasteiger partial charge in [0.2, 0.25) is 5.88 Å². The minimum absolute atomic E-state index is 0.583. The molecule has 0 unspecified atom stereocenters. The van der Waals surface area contributed by atoms with Gasteiger partial charge in [0.1, 0.15) is 0 Å². The molecule has 1 fully saturated rings. The predicted molar refractivity (Wildman–Crippen MR) is 101 cm³/mol. The van der Waals surface area contributed by atoms with E-state index in [-0.39, 0.29) is 0 Å². The normalized spacial score (nSPS) is 14.2. The van der Waals surface area contributed by atoms with Crippen LogP contribution >= 0.6 is 0 Å². The van der Waals surface area contributed by atoms with Crippen LogP contribution < -0.4 is 15.4 Å². The van der Waals surface area contributed by atoms with Gasteiger partial charge in [-0.25, -0.2) is 9.98 Å².